The van der Waals surface area contributed by atoms with Gasteiger partial charge in [-0.15, -0.1) is 0 Å². The molecule has 0 aliphatic heterocycles. The molecule has 108 valence electrons. The van der Waals surface area contributed by atoms with Crippen molar-refractivity contribution in [2.45, 2.75) is 26.5 Å². The Morgan fingerprint density at radius 3 is 2.60 bits per heavy atom. The summed E-state index contributed by atoms with van der Waals surface area (Å²) in [6.45, 7) is 4.13. The molecule has 1 heterocycles. The molecule has 0 fully saturated rings. The van der Waals surface area contributed by atoms with Crippen molar-refractivity contribution in [2.24, 2.45) is 12.8 Å². The third-order valence-electron chi connectivity index (χ3n) is 3.12. The molecule has 0 spiro atoms. The number of ether oxygens (including phenoxy) is 1. The molecule has 6 heteroatoms. The highest BCUT2D eigenvalue weighted by Gasteiger charge is 2.13. The summed E-state index contributed by atoms with van der Waals surface area (Å²) in [4.78, 5) is 0. The number of benzene rings is 1. The lowest BCUT2D eigenvalue weighted by atomic mass is 10.1. The SMILES string of the molecule is Cc1nn(C)c(Cl)c1COc1ccc(C(C)N)cc1Cl. The van der Waals surface area contributed by atoms with Crippen LogP contribution in [0.3, 0.4) is 0 Å². The van der Waals surface area contributed by atoms with E-state index < -0.39 is 0 Å². The van der Waals surface area contributed by atoms with E-state index >= 15 is 0 Å². The summed E-state index contributed by atoms with van der Waals surface area (Å²) in [6.07, 6.45) is 0. The highest BCUT2D eigenvalue weighted by molar-refractivity contribution is 6.32. The van der Waals surface area contributed by atoms with Crippen molar-refractivity contribution in [2.75, 3.05) is 0 Å². The van der Waals surface area contributed by atoms with E-state index in [1.165, 1.54) is 0 Å². The van der Waals surface area contributed by atoms with Crippen LogP contribution in [0.15, 0.2) is 18.2 Å². The van der Waals surface area contributed by atoms with Gasteiger partial charge in [-0.25, -0.2) is 0 Å². The van der Waals surface area contributed by atoms with E-state index in [0.717, 1.165) is 16.8 Å². The Labute approximate surface area is 128 Å². The first-order valence-corrected chi connectivity index (χ1v) is 7.01. The lowest BCUT2D eigenvalue weighted by molar-refractivity contribution is 0.305. The number of halogens is 2. The molecule has 1 aromatic heterocycles. The fraction of sp³-hybridized carbons (Fsp3) is 0.357. The molecule has 0 saturated carbocycles. The molecular weight excluding hydrogens is 297 g/mol. The summed E-state index contributed by atoms with van der Waals surface area (Å²) in [5.41, 5.74) is 8.49. The highest BCUT2D eigenvalue weighted by atomic mass is 35.5. The first-order valence-electron chi connectivity index (χ1n) is 6.26. The van der Waals surface area contributed by atoms with Crippen molar-refractivity contribution in [1.29, 1.82) is 0 Å². The molecule has 1 atom stereocenters. The molecule has 1 aromatic carbocycles. The average Bonchev–Trinajstić information content (AvgIpc) is 2.62. The Bertz CT molecular complexity index is 623. The highest BCUT2D eigenvalue weighted by Crippen LogP contribution is 2.29. The molecule has 0 bridgehead atoms. The molecular formula is C14H17Cl2N3O. The number of nitrogens with zero attached hydrogens (tertiary/aromatic N) is 2. The first-order chi connectivity index (χ1) is 9.40. The van der Waals surface area contributed by atoms with Crippen molar-refractivity contribution < 1.29 is 4.74 Å². The number of aryl methyl sites for hydroxylation is 2. The second-order valence-electron chi connectivity index (χ2n) is 4.75. The molecule has 0 aliphatic rings. The maximum absolute atomic E-state index is 6.19. The van der Waals surface area contributed by atoms with Crippen LogP contribution in [0.5, 0.6) is 5.75 Å². The fourth-order valence-corrected chi connectivity index (χ4v) is 2.38. The lowest BCUT2D eigenvalue weighted by Crippen LogP contribution is -2.05. The van der Waals surface area contributed by atoms with Gasteiger partial charge in [0.1, 0.15) is 17.5 Å². The van der Waals surface area contributed by atoms with E-state index in [1.807, 2.05) is 32.0 Å². The Morgan fingerprint density at radius 2 is 2.10 bits per heavy atom. The maximum atomic E-state index is 6.19. The molecule has 20 heavy (non-hydrogen) atoms. The van der Waals surface area contributed by atoms with Gasteiger partial charge in [0.05, 0.1) is 10.7 Å². The molecule has 1 unspecified atom stereocenters. The number of hydrogen-bond acceptors (Lipinski definition) is 3. The Morgan fingerprint density at radius 1 is 1.40 bits per heavy atom. The Kier molecular flexibility index (Phi) is 4.58. The van der Waals surface area contributed by atoms with E-state index in [-0.39, 0.29) is 6.04 Å². The van der Waals surface area contributed by atoms with E-state index in [0.29, 0.717) is 22.5 Å². The lowest BCUT2D eigenvalue weighted by Gasteiger charge is -2.11. The van der Waals surface area contributed by atoms with Gasteiger partial charge in [-0.2, -0.15) is 5.10 Å². The minimum Gasteiger partial charge on any atom is -0.487 e. The maximum Gasteiger partial charge on any atom is 0.138 e. The summed E-state index contributed by atoms with van der Waals surface area (Å²) < 4.78 is 7.34. The predicted molar refractivity (Wildman–Crippen MR) is 81.3 cm³/mol. The average molecular weight is 314 g/mol. The third-order valence-corrected chi connectivity index (χ3v) is 3.89. The van der Waals surface area contributed by atoms with Gasteiger partial charge in [0, 0.05) is 18.7 Å². The van der Waals surface area contributed by atoms with E-state index in [1.54, 1.807) is 11.7 Å². The van der Waals surface area contributed by atoms with Crippen LogP contribution in [0.4, 0.5) is 0 Å². The zero-order chi connectivity index (χ0) is 14.9. The second-order valence-corrected chi connectivity index (χ2v) is 5.51. The molecule has 0 aliphatic carbocycles. The van der Waals surface area contributed by atoms with Gasteiger partial charge in [-0.05, 0) is 31.5 Å². The van der Waals surface area contributed by atoms with E-state index in [4.69, 9.17) is 33.7 Å². The summed E-state index contributed by atoms with van der Waals surface area (Å²) in [6, 6.07) is 5.49. The van der Waals surface area contributed by atoms with Gasteiger partial charge >= 0.3 is 0 Å². The summed E-state index contributed by atoms with van der Waals surface area (Å²) in [5, 5.41) is 5.35. The largest absolute Gasteiger partial charge is 0.487 e. The van der Waals surface area contributed by atoms with Gasteiger partial charge in [0.15, 0.2) is 0 Å². The van der Waals surface area contributed by atoms with Crippen LogP contribution >= 0.6 is 23.2 Å². The van der Waals surface area contributed by atoms with Crippen LogP contribution in [0, 0.1) is 6.92 Å². The Hall–Kier alpha value is -1.23. The van der Waals surface area contributed by atoms with Crippen molar-refractivity contribution in [3.63, 3.8) is 0 Å². The molecule has 2 aromatic rings. The van der Waals surface area contributed by atoms with Gasteiger partial charge < -0.3 is 10.5 Å². The molecule has 2 N–H and O–H groups in total. The number of nitrogens with two attached hydrogens (primary N) is 1. The topological polar surface area (TPSA) is 53.1 Å². The summed E-state index contributed by atoms with van der Waals surface area (Å²) in [5.74, 6) is 0.607. The fourth-order valence-electron chi connectivity index (χ4n) is 1.91. The smallest absolute Gasteiger partial charge is 0.138 e. The molecule has 2 rings (SSSR count). The first kappa shape index (κ1) is 15.2. The van der Waals surface area contributed by atoms with Crippen molar-refractivity contribution in [3.8, 4) is 5.75 Å². The van der Waals surface area contributed by atoms with Crippen molar-refractivity contribution in [3.05, 3.63) is 45.2 Å². The molecule has 0 saturated heterocycles. The zero-order valence-electron chi connectivity index (χ0n) is 11.7. The summed E-state index contributed by atoms with van der Waals surface area (Å²) >= 11 is 12.3. The van der Waals surface area contributed by atoms with Gasteiger partial charge in [-0.1, -0.05) is 29.3 Å². The quantitative estimate of drug-likeness (QED) is 0.937. The van der Waals surface area contributed by atoms with Crippen molar-refractivity contribution in [1.82, 2.24) is 9.78 Å². The minimum atomic E-state index is -0.0587. The van der Waals surface area contributed by atoms with Crippen LogP contribution < -0.4 is 10.5 Å². The number of aromatic nitrogens is 2. The normalized spacial score (nSPS) is 12.5. The third kappa shape index (κ3) is 3.08. The number of rotatable bonds is 4. The molecule has 0 radical (unpaired) electrons. The van der Waals surface area contributed by atoms with E-state index in [2.05, 4.69) is 5.10 Å². The van der Waals surface area contributed by atoms with E-state index in [9.17, 15) is 0 Å². The standard InChI is InChI=1S/C14H17Cl2N3O/c1-8(17)10-4-5-13(12(15)6-10)20-7-11-9(2)18-19(3)14(11)16/h4-6,8H,7,17H2,1-3H3. The minimum absolute atomic E-state index is 0.0587. The van der Waals surface area contributed by atoms with Crippen LogP contribution in [0.25, 0.3) is 0 Å². The monoisotopic (exact) mass is 313 g/mol. The second kappa shape index (κ2) is 6.04. The van der Waals surface area contributed by atoms with Crippen LogP contribution in [0.1, 0.15) is 29.8 Å². The zero-order valence-corrected chi connectivity index (χ0v) is 13.2. The molecule has 0 amide bonds. The van der Waals surface area contributed by atoms with Crippen LogP contribution in [-0.4, -0.2) is 9.78 Å². The van der Waals surface area contributed by atoms with Gasteiger partial charge in [0.25, 0.3) is 0 Å². The van der Waals surface area contributed by atoms with Gasteiger partial charge in [-0.3, -0.25) is 4.68 Å². The summed E-state index contributed by atoms with van der Waals surface area (Å²) in [7, 11) is 1.79. The molecule has 4 nitrogen and oxygen atoms in total. The predicted octanol–water partition coefficient (Wildman–Crippen LogP) is 3.63. The van der Waals surface area contributed by atoms with Gasteiger partial charge in [0.2, 0.25) is 0 Å². The van der Waals surface area contributed by atoms with Crippen molar-refractivity contribution >= 4 is 23.2 Å². The number of hydrogen-bond donors (Lipinski definition) is 1. The van der Waals surface area contributed by atoms with Crippen LogP contribution in [-0.2, 0) is 13.7 Å². The van der Waals surface area contributed by atoms with Crippen LogP contribution in [0.2, 0.25) is 10.2 Å². The Balaban J connectivity index is 2.15.